The summed E-state index contributed by atoms with van der Waals surface area (Å²) in [6, 6.07) is 2.60. The molecule has 2 atom stereocenters. The van der Waals surface area contributed by atoms with Crippen molar-refractivity contribution < 1.29 is 34.7 Å². The first-order valence-electron chi connectivity index (χ1n) is 8.65. The predicted octanol–water partition coefficient (Wildman–Crippen LogP) is 0.0687. The van der Waals surface area contributed by atoms with Crippen LogP contribution in [0.2, 0.25) is 0 Å². The topological polar surface area (TPSA) is 124 Å². The highest BCUT2D eigenvalue weighted by Gasteiger charge is 2.46. The molecule has 0 aliphatic carbocycles. The van der Waals surface area contributed by atoms with Crippen molar-refractivity contribution in [1.29, 1.82) is 0 Å². The number of sulfonamides is 1. The van der Waals surface area contributed by atoms with E-state index >= 15 is 0 Å². The molecule has 158 valence electrons. The van der Waals surface area contributed by atoms with E-state index in [2.05, 4.69) is 0 Å². The molecule has 0 unspecified atom stereocenters. The lowest BCUT2D eigenvalue weighted by atomic mass is 10.2. The van der Waals surface area contributed by atoms with Crippen molar-refractivity contribution in [2.24, 2.45) is 0 Å². The van der Waals surface area contributed by atoms with Crippen molar-refractivity contribution in [3.63, 3.8) is 0 Å². The Morgan fingerprint density at radius 3 is 1.86 bits per heavy atom. The summed E-state index contributed by atoms with van der Waals surface area (Å²) >= 11 is 0. The van der Waals surface area contributed by atoms with Crippen molar-refractivity contribution in [2.75, 3.05) is 37.2 Å². The van der Waals surface area contributed by atoms with E-state index in [0.717, 1.165) is 4.31 Å². The number of ether oxygens (including phenoxy) is 2. The second-order valence-electron chi connectivity index (χ2n) is 6.97. The van der Waals surface area contributed by atoms with Gasteiger partial charge in [-0.15, -0.1) is 0 Å². The van der Waals surface area contributed by atoms with Crippen LogP contribution in [0.5, 0.6) is 11.5 Å². The average molecular weight is 454 g/mol. The zero-order valence-electron chi connectivity index (χ0n) is 15.6. The van der Waals surface area contributed by atoms with Crippen LogP contribution < -0.4 is 9.47 Å². The van der Waals surface area contributed by atoms with E-state index in [0.29, 0.717) is 5.75 Å². The highest BCUT2D eigenvalue weighted by molar-refractivity contribution is 7.92. The van der Waals surface area contributed by atoms with E-state index in [1.54, 1.807) is 0 Å². The summed E-state index contributed by atoms with van der Waals surface area (Å²) in [6.07, 6.45) is 0.271. The van der Waals surface area contributed by atoms with Crippen LogP contribution >= 0.6 is 0 Å². The summed E-state index contributed by atoms with van der Waals surface area (Å²) in [4.78, 5) is -0.149. The number of rotatable bonds is 6. The molecule has 0 N–H and O–H groups in total. The summed E-state index contributed by atoms with van der Waals surface area (Å²) in [5.41, 5.74) is 0. The molecule has 3 rings (SSSR count). The smallest absolute Gasteiger partial charge is 0.247 e. The van der Waals surface area contributed by atoms with Gasteiger partial charge in [-0.3, -0.25) is 0 Å². The van der Waals surface area contributed by atoms with Crippen molar-refractivity contribution in [2.45, 2.75) is 29.8 Å². The van der Waals surface area contributed by atoms with Gasteiger partial charge in [0, 0.05) is 18.2 Å². The summed E-state index contributed by atoms with van der Waals surface area (Å²) in [6.45, 7) is 0. The van der Waals surface area contributed by atoms with Gasteiger partial charge >= 0.3 is 0 Å². The third-order valence-electron chi connectivity index (χ3n) is 5.06. The van der Waals surface area contributed by atoms with Gasteiger partial charge in [0.25, 0.3) is 0 Å². The predicted molar refractivity (Wildman–Crippen MR) is 103 cm³/mol. The molecule has 2 saturated heterocycles. The van der Waals surface area contributed by atoms with Crippen LogP contribution in [0, 0.1) is 0 Å². The summed E-state index contributed by atoms with van der Waals surface area (Å²) in [7, 11) is -8.21. The van der Waals surface area contributed by atoms with E-state index in [1.165, 1.54) is 32.4 Å². The number of methoxy groups -OCH3 is 2. The van der Waals surface area contributed by atoms with Crippen LogP contribution in [-0.2, 0) is 29.7 Å². The van der Waals surface area contributed by atoms with Crippen molar-refractivity contribution in [1.82, 2.24) is 4.31 Å². The fourth-order valence-electron chi connectivity index (χ4n) is 3.74. The highest BCUT2D eigenvalue weighted by Crippen LogP contribution is 2.36. The van der Waals surface area contributed by atoms with Gasteiger partial charge in [-0.1, -0.05) is 0 Å². The van der Waals surface area contributed by atoms with Crippen LogP contribution in [0.1, 0.15) is 12.8 Å². The van der Waals surface area contributed by atoms with E-state index in [9.17, 15) is 25.3 Å². The first-order chi connectivity index (χ1) is 13.0. The maximum atomic E-state index is 13.5. The Balaban J connectivity index is 2.09. The lowest BCUT2D eigenvalue weighted by molar-refractivity contribution is 0.279. The SMILES string of the molecule is COc1ccc(S(=O)(=O)N([C@@H]2CCS(=O)(=O)C2)[C@@H]2CCS(=O)(=O)C2)c(OC)c1. The van der Waals surface area contributed by atoms with E-state index < -0.39 is 41.8 Å². The van der Waals surface area contributed by atoms with E-state index in [-0.39, 0.29) is 46.5 Å². The Kier molecular flexibility index (Phi) is 5.69. The van der Waals surface area contributed by atoms with Gasteiger partial charge in [0.15, 0.2) is 19.7 Å². The molecule has 12 heteroatoms. The van der Waals surface area contributed by atoms with Crippen LogP contribution in [0.15, 0.2) is 23.1 Å². The number of benzene rings is 1. The highest BCUT2D eigenvalue weighted by atomic mass is 32.2. The Morgan fingerprint density at radius 2 is 1.46 bits per heavy atom. The zero-order valence-corrected chi connectivity index (χ0v) is 18.0. The lowest BCUT2D eigenvalue weighted by Crippen LogP contribution is -2.48. The van der Waals surface area contributed by atoms with E-state index in [1.807, 2.05) is 0 Å². The fraction of sp³-hybridized carbons (Fsp3) is 0.625. The summed E-state index contributed by atoms with van der Waals surface area (Å²) in [5, 5.41) is 0. The Morgan fingerprint density at radius 1 is 0.929 bits per heavy atom. The Bertz CT molecular complexity index is 1020. The molecule has 0 radical (unpaired) electrons. The Hall–Kier alpha value is -1.37. The second kappa shape index (κ2) is 7.47. The van der Waals surface area contributed by atoms with Crippen LogP contribution in [0.3, 0.4) is 0 Å². The molecule has 2 aliphatic heterocycles. The quantitative estimate of drug-likeness (QED) is 0.593. The summed E-state index contributed by atoms with van der Waals surface area (Å²) < 4.78 is 86.3. The summed E-state index contributed by atoms with van der Waals surface area (Å²) in [5.74, 6) is -0.436. The maximum absolute atomic E-state index is 13.5. The lowest BCUT2D eigenvalue weighted by Gasteiger charge is -2.32. The van der Waals surface area contributed by atoms with Gasteiger partial charge < -0.3 is 9.47 Å². The molecule has 1 aromatic rings. The molecule has 2 aliphatic rings. The number of hydrogen-bond acceptors (Lipinski definition) is 8. The normalized spacial score (nSPS) is 26.4. The van der Waals surface area contributed by atoms with Gasteiger partial charge in [0.2, 0.25) is 10.0 Å². The molecule has 0 spiro atoms. The molecule has 28 heavy (non-hydrogen) atoms. The molecule has 0 saturated carbocycles. The molecular formula is C16H23NO8S3. The number of nitrogens with zero attached hydrogens (tertiary/aromatic N) is 1. The second-order valence-corrected chi connectivity index (χ2v) is 13.2. The Labute approximate surface area is 165 Å². The molecule has 9 nitrogen and oxygen atoms in total. The first kappa shape index (κ1) is 21.3. The van der Waals surface area contributed by atoms with Crippen molar-refractivity contribution in [3.8, 4) is 11.5 Å². The van der Waals surface area contributed by atoms with Gasteiger partial charge in [-0.05, 0) is 25.0 Å². The first-order valence-corrected chi connectivity index (χ1v) is 13.7. The minimum atomic E-state index is -4.21. The minimum Gasteiger partial charge on any atom is -0.497 e. The molecule has 2 heterocycles. The van der Waals surface area contributed by atoms with Crippen LogP contribution in [0.25, 0.3) is 0 Å². The number of sulfone groups is 2. The molecule has 2 fully saturated rings. The van der Waals surface area contributed by atoms with E-state index in [4.69, 9.17) is 9.47 Å². The maximum Gasteiger partial charge on any atom is 0.247 e. The third-order valence-corrected chi connectivity index (χ3v) is 10.6. The molecule has 1 aromatic carbocycles. The van der Waals surface area contributed by atoms with Gasteiger partial charge in [-0.2, -0.15) is 4.31 Å². The third kappa shape index (κ3) is 4.14. The monoisotopic (exact) mass is 453 g/mol. The minimum absolute atomic E-state index is 0.0473. The van der Waals surface area contributed by atoms with Crippen LogP contribution in [0.4, 0.5) is 0 Å². The van der Waals surface area contributed by atoms with Crippen molar-refractivity contribution >= 4 is 29.7 Å². The van der Waals surface area contributed by atoms with Gasteiger partial charge in [0.05, 0.1) is 37.2 Å². The molecule has 0 aromatic heterocycles. The zero-order chi connectivity index (χ0) is 20.7. The standard InChI is InChI=1S/C16H23NO8S3/c1-24-14-3-4-16(15(9-14)25-2)28(22,23)17(12-5-7-26(18,19)10-12)13-6-8-27(20,21)11-13/h3-4,9,12-13H,5-8,10-11H2,1-2H3/t12-,13-/m1/s1. The van der Waals surface area contributed by atoms with Gasteiger partial charge in [0.1, 0.15) is 16.4 Å². The molecule has 0 amide bonds. The van der Waals surface area contributed by atoms with Crippen molar-refractivity contribution in [3.05, 3.63) is 18.2 Å². The van der Waals surface area contributed by atoms with Gasteiger partial charge in [-0.25, -0.2) is 25.3 Å². The molecular weight excluding hydrogens is 430 g/mol. The van der Waals surface area contributed by atoms with Crippen LogP contribution in [-0.4, -0.2) is 78.9 Å². The largest absolute Gasteiger partial charge is 0.497 e. The number of hydrogen-bond donors (Lipinski definition) is 0. The average Bonchev–Trinajstić information content (AvgIpc) is 3.15. The fourth-order valence-corrected chi connectivity index (χ4v) is 9.36. The molecule has 0 bridgehead atoms.